The van der Waals surface area contributed by atoms with Crippen molar-refractivity contribution in [2.45, 2.75) is 44.6 Å². The van der Waals surface area contributed by atoms with Crippen LogP contribution in [0.25, 0.3) is 21.7 Å². The first kappa shape index (κ1) is 40.9. The molecule has 0 amide bonds. The van der Waals surface area contributed by atoms with Crippen LogP contribution >= 0.6 is 0 Å². The Hall–Kier alpha value is -5.74. The Morgan fingerprint density at radius 1 is 0.667 bits per heavy atom. The molecule has 0 bridgehead atoms. The summed E-state index contributed by atoms with van der Waals surface area (Å²) in [6.07, 6.45) is 0. The Labute approximate surface area is 337 Å². The Balaban J connectivity index is 0.000000255. The first-order valence-corrected chi connectivity index (χ1v) is 22.3. The van der Waals surface area contributed by atoms with Gasteiger partial charge in [-0.15, -0.1) is 0 Å². The van der Waals surface area contributed by atoms with Gasteiger partial charge in [-0.05, 0) is 41.4 Å². The molecule has 0 aliphatic rings. The molecule has 6 aromatic carbocycles. The molecule has 0 saturated carbocycles. The quantitative estimate of drug-likeness (QED) is 0.0784. The van der Waals surface area contributed by atoms with Gasteiger partial charge in [0.05, 0.1) is 17.2 Å². The van der Waals surface area contributed by atoms with Crippen LogP contribution in [0.5, 0.6) is 5.75 Å². The van der Waals surface area contributed by atoms with Crippen LogP contribution in [0.1, 0.15) is 44.5 Å². The number of carbonyl (C=O) groups excluding carboxylic acids is 1. The minimum absolute atomic E-state index is 0.0689. The molecule has 0 aliphatic heterocycles. The number of hydrogen-bond donors (Lipinski definition) is 0. The maximum Gasteiger partial charge on any atom is 0.320 e. The van der Waals surface area contributed by atoms with Crippen LogP contribution < -0.4 is 14.8 Å². The lowest BCUT2D eigenvalue weighted by Crippen LogP contribution is -2.68. The van der Waals surface area contributed by atoms with Crippen molar-refractivity contribution < 1.29 is 17.6 Å². The van der Waals surface area contributed by atoms with Gasteiger partial charge in [-0.2, -0.15) is 0 Å². The van der Waals surface area contributed by atoms with E-state index in [0.29, 0.717) is 22.0 Å². The van der Waals surface area contributed by atoms with E-state index in [2.05, 4.69) is 74.3 Å². The molecule has 57 heavy (non-hydrogen) atoms. The third-order valence-electron chi connectivity index (χ3n) is 9.88. The monoisotopic (exact) mass is 791 g/mol. The van der Waals surface area contributed by atoms with Gasteiger partial charge in [0.1, 0.15) is 11.3 Å². The number of aromatic nitrogens is 1. The largest absolute Gasteiger partial charge is 0.532 e. The van der Waals surface area contributed by atoms with Gasteiger partial charge >= 0.3 is 8.32 Å². The number of carbonyl (C=O) groups is 1. The van der Waals surface area contributed by atoms with Gasteiger partial charge in [-0.25, -0.2) is 17.7 Å². The highest BCUT2D eigenvalue weighted by molar-refractivity contribution is 7.89. The SMILES string of the molecule is CC(=O)CN=C(c1ccccc1)c1ccccc1.Cc1ccc2c(S(=O)(=O)N(C)C)c3ccccc3c(O[Si](c3ccccc3)(c3ccccc3)C(C)(C)C)c2n1. The predicted molar refractivity (Wildman–Crippen MR) is 237 cm³/mol. The molecule has 0 saturated heterocycles. The second kappa shape index (κ2) is 17.2. The second-order valence-corrected chi connectivity index (χ2v) is 21.5. The fraction of sp³-hybridized carbons (Fsp3) is 0.188. The molecule has 0 aliphatic carbocycles. The van der Waals surface area contributed by atoms with E-state index in [4.69, 9.17) is 9.41 Å². The van der Waals surface area contributed by atoms with Gasteiger partial charge in [0.2, 0.25) is 10.0 Å². The molecule has 0 fully saturated rings. The van der Waals surface area contributed by atoms with Crippen LogP contribution in [0.4, 0.5) is 0 Å². The molecular weight excluding hydrogens is 743 g/mol. The summed E-state index contributed by atoms with van der Waals surface area (Å²) in [5.74, 6) is 0.690. The van der Waals surface area contributed by atoms with Crippen molar-refractivity contribution in [1.29, 1.82) is 0 Å². The first-order chi connectivity index (χ1) is 27.3. The predicted octanol–water partition coefficient (Wildman–Crippen LogP) is 9.00. The lowest BCUT2D eigenvalue weighted by atomic mass is 10.0. The fourth-order valence-electron chi connectivity index (χ4n) is 7.16. The molecule has 0 spiro atoms. The maximum absolute atomic E-state index is 13.7. The van der Waals surface area contributed by atoms with E-state index in [-0.39, 0.29) is 22.3 Å². The standard InChI is InChI=1S/C32H34N2O3SSi.C16H15NO/c1-23-21-22-28-29(33-23)30(26-19-13-14-20-27(26)31(28)38(35,36)34(5)6)37-39(32(2,3)4,24-15-9-7-10-16-24)25-17-11-8-12-18-25;1-13(18)12-17-16(14-8-4-2-5-9-14)15-10-6-3-7-11-15/h7-22H,1-6H3;2-11H,12H2,1H3. The number of Topliss-reactive ketones (excluding diaryl/α,β-unsaturated/α-hetero) is 1. The number of benzene rings is 6. The van der Waals surface area contributed by atoms with Gasteiger partial charge < -0.3 is 4.43 Å². The van der Waals surface area contributed by atoms with Crippen molar-refractivity contribution in [1.82, 2.24) is 9.29 Å². The molecule has 7 aromatic rings. The number of aliphatic imine (C=N–C) groups is 1. The van der Waals surface area contributed by atoms with Crippen molar-refractivity contribution in [3.8, 4) is 5.75 Å². The van der Waals surface area contributed by atoms with E-state index in [1.54, 1.807) is 21.0 Å². The van der Waals surface area contributed by atoms with Crippen LogP contribution in [0.3, 0.4) is 0 Å². The Kier molecular flexibility index (Phi) is 12.3. The third kappa shape index (κ3) is 8.51. The number of aryl methyl sites for hydroxylation is 1. The maximum atomic E-state index is 13.7. The smallest absolute Gasteiger partial charge is 0.320 e. The number of nitrogens with zero attached hydrogens (tertiary/aromatic N) is 3. The molecule has 9 heteroatoms. The van der Waals surface area contributed by atoms with Gasteiger partial charge in [-0.3, -0.25) is 9.79 Å². The summed E-state index contributed by atoms with van der Waals surface area (Å²) in [6.45, 7) is 10.4. The summed E-state index contributed by atoms with van der Waals surface area (Å²) in [7, 11) is -3.69. The summed E-state index contributed by atoms with van der Waals surface area (Å²) < 4.78 is 36.2. The lowest BCUT2D eigenvalue weighted by Gasteiger charge is -2.43. The van der Waals surface area contributed by atoms with Gasteiger partial charge in [0, 0.05) is 47.1 Å². The van der Waals surface area contributed by atoms with E-state index in [9.17, 15) is 13.2 Å². The van der Waals surface area contributed by atoms with Crippen LogP contribution in [0, 0.1) is 6.92 Å². The van der Waals surface area contributed by atoms with E-state index in [1.165, 1.54) is 4.31 Å². The van der Waals surface area contributed by atoms with Crippen molar-refractivity contribution >= 4 is 61.9 Å². The Morgan fingerprint density at radius 3 is 1.58 bits per heavy atom. The van der Waals surface area contributed by atoms with E-state index >= 15 is 0 Å². The molecular formula is C48H49N3O4SSi. The Bertz CT molecular complexity index is 2550. The number of hydrogen-bond acceptors (Lipinski definition) is 6. The summed E-state index contributed by atoms with van der Waals surface area (Å²) >= 11 is 0. The average molecular weight is 792 g/mol. The number of fused-ring (bicyclic) bond motifs is 2. The van der Waals surface area contributed by atoms with Gasteiger partial charge in [0.25, 0.3) is 0 Å². The topological polar surface area (TPSA) is 88.9 Å². The molecule has 1 heterocycles. The van der Waals surface area contributed by atoms with Crippen LogP contribution in [0.2, 0.25) is 5.04 Å². The number of ketones is 1. The zero-order valence-electron chi connectivity index (χ0n) is 33.6. The summed E-state index contributed by atoms with van der Waals surface area (Å²) in [5, 5.41) is 3.91. The van der Waals surface area contributed by atoms with E-state index in [0.717, 1.165) is 38.3 Å². The highest BCUT2D eigenvalue weighted by Crippen LogP contribution is 2.45. The minimum atomic E-state index is -3.79. The Morgan fingerprint density at radius 2 is 1.12 bits per heavy atom. The zero-order valence-corrected chi connectivity index (χ0v) is 35.4. The highest BCUT2D eigenvalue weighted by Gasteiger charge is 2.52. The van der Waals surface area contributed by atoms with Crippen molar-refractivity contribution in [3.63, 3.8) is 0 Å². The number of sulfonamides is 1. The van der Waals surface area contributed by atoms with Crippen molar-refractivity contribution in [3.05, 3.63) is 175 Å². The summed E-state index contributed by atoms with van der Waals surface area (Å²) in [4.78, 5) is 20.7. The minimum Gasteiger partial charge on any atom is -0.532 e. The molecule has 7 nitrogen and oxygen atoms in total. The third-order valence-corrected chi connectivity index (χ3v) is 16.7. The van der Waals surface area contributed by atoms with Crippen molar-refractivity contribution in [2.24, 2.45) is 4.99 Å². The van der Waals surface area contributed by atoms with E-state index < -0.39 is 18.3 Å². The number of rotatable bonds is 10. The molecule has 0 radical (unpaired) electrons. The molecule has 0 atom stereocenters. The average Bonchev–Trinajstić information content (AvgIpc) is 3.20. The van der Waals surface area contributed by atoms with Crippen LogP contribution in [-0.2, 0) is 14.8 Å². The highest BCUT2D eigenvalue weighted by atomic mass is 32.2. The zero-order chi connectivity index (χ0) is 40.8. The number of pyridine rings is 1. The van der Waals surface area contributed by atoms with Crippen LogP contribution in [0.15, 0.2) is 168 Å². The normalized spacial score (nSPS) is 11.9. The molecule has 7 rings (SSSR count). The van der Waals surface area contributed by atoms with E-state index in [1.807, 2.05) is 116 Å². The van der Waals surface area contributed by atoms with Crippen molar-refractivity contribution in [2.75, 3.05) is 20.6 Å². The lowest BCUT2D eigenvalue weighted by molar-refractivity contribution is -0.115. The molecule has 290 valence electrons. The fourth-order valence-corrected chi connectivity index (χ4v) is 12.9. The summed E-state index contributed by atoms with van der Waals surface area (Å²) in [6, 6.07) is 52.1. The molecule has 0 N–H and O–H groups in total. The van der Waals surface area contributed by atoms with Gasteiger partial charge in [0.15, 0.2) is 5.78 Å². The molecule has 1 aromatic heterocycles. The summed E-state index contributed by atoms with van der Waals surface area (Å²) in [5.41, 5.74) is 4.28. The van der Waals surface area contributed by atoms with Gasteiger partial charge in [-0.1, -0.05) is 166 Å². The van der Waals surface area contributed by atoms with Crippen LogP contribution in [-0.4, -0.2) is 58.2 Å². The second-order valence-electron chi connectivity index (χ2n) is 15.2. The molecule has 0 unspecified atom stereocenters. The first-order valence-electron chi connectivity index (χ1n) is 18.9.